The molecule has 1 aromatic heterocycles. The highest BCUT2D eigenvalue weighted by Gasteiger charge is 2.16. The standard InChI is InChI=1S/C14H17NO3S/c1-11-3-4-12(2)14(9-11)19(16,17)15-7-5-13-6-8-18-10-13/h3-4,6,8-10,15H,5,7H2,1-2H3. The zero-order valence-electron chi connectivity index (χ0n) is 11.0. The van der Waals surface area contributed by atoms with Crippen molar-refractivity contribution >= 4 is 10.0 Å². The highest BCUT2D eigenvalue weighted by atomic mass is 32.2. The minimum Gasteiger partial charge on any atom is -0.472 e. The van der Waals surface area contributed by atoms with E-state index < -0.39 is 10.0 Å². The highest BCUT2D eigenvalue weighted by Crippen LogP contribution is 2.16. The molecule has 102 valence electrons. The molecular weight excluding hydrogens is 262 g/mol. The lowest BCUT2D eigenvalue weighted by Crippen LogP contribution is -2.26. The van der Waals surface area contributed by atoms with Gasteiger partial charge in [-0.25, -0.2) is 13.1 Å². The lowest BCUT2D eigenvalue weighted by molar-refractivity contribution is 0.562. The molecule has 0 aliphatic carbocycles. The number of aryl methyl sites for hydroxylation is 2. The average molecular weight is 279 g/mol. The van der Waals surface area contributed by atoms with Crippen LogP contribution >= 0.6 is 0 Å². The first-order valence-electron chi connectivity index (χ1n) is 6.07. The summed E-state index contributed by atoms with van der Waals surface area (Å²) < 4.78 is 31.9. The summed E-state index contributed by atoms with van der Waals surface area (Å²) in [7, 11) is -3.45. The van der Waals surface area contributed by atoms with Crippen molar-refractivity contribution in [1.29, 1.82) is 0 Å². The Morgan fingerprint density at radius 3 is 2.68 bits per heavy atom. The van der Waals surface area contributed by atoms with Gasteiger partial charge in [0.15, 0.2) is 0 Å². The van der Waals surface area contributed by atoms with E-state index >= 15 is 0 Å². The Hall–Kier alpha value is -1.59. The summed E-state index contributed by atoms with van der Waals surface area (Å²) >= 11 is 0. The van der Waals surface area contributed by atoms with Crippen LogP contribution in [0, 0.1) is 13.8 Å². The van der Waals surface area contributed by atoms with E-state index in [9.17, 15) is 8.42 Å². The lowest BCUT2D eigenvalue weighted by Gasteiger charge is -2.09. The van der Waals surface area contributed by atoms with Crippen LogP contribution in [-0.2, 0) is 16.4 Å². The number of nitrogens with one attached hydrogen (secondary N) is 1. The van der Waals surface area contributed by atoms with E-state index in [0.29, 0.717) is 17.9 Å². The largest absolute Gasteiger partial charge is 0.472 e. The van der Waals surface area contributed by atoms with Crippen LogP contribution in [-0.4, -0.2) is 15.0 Å². The number of rotatable bonds is 5. The summed E-state index contributed by atoms with van der Waals surface area (Å²) in [5.41, 5.74) is 2.66. The third kappa shape index (κ3) is 3.45. The molecule has 0 unspecified atom stereocenters. The monoisotopic (exact) mass is 279 g/mol. The number of benzene rings is 1. The van der Waals surface area contributed by atoms with Gasteiger partial charge in [0.05, 0.1) is 17.4 Å². The Balaban J connectivity index is 2.07. The lowest BCUT2D eigenvalue weighted by atomic mass is 10.2. The van der Waals surface area contributed by atoms with Gasteiger partial charge in [-0.2, -0.15) is 0 Å². The van der Waals surface area contributed by atoms with E-state index in [1.54, 1.807) is 25.5 Å². The predicted molar refractivity (Wildman–Crippen MR) is 73.5 cm³/mol. The molecular formula is C14H17NO3S. The molecule has 0 radical (unpaired) electrons. The van der Waals surface area contributed by atoms with E-state index in [2.05, 4.69) is 4.72 Å². The van der Waals surface area contributed by atoms with Gasteiger partial charge in [0.2, 0.25) is 10.0 Å². The molecule has 0 atom stereocenters. The molecule has 19 heavy (non-hydrogen) atoms. The Labute approximate surface area is 113 Å². The van der Waals surface area contributed by atoms with Gasteiger partial charge in [-0.05, 0) is 49.1 Å². The molecule has 2 aromatic rings. The van der Waals surface area contributed by atoms with Crippen molar-refractivity contribution < 1.29 is 12.8 Å². The van der Waals surface area contributed by atoms with E-state index in [-0.39, 0.29) is 0 Å². The summed E-state index contributed by atoms with van der Waals surface area (Å²) in [4.78, 5) is 0.347. The summed E-state index contributed by atoms with van der Waals surface area (Å²) in [5.74, 6) is 0. The summed E-state index contributed by atoms with van der Waals surface area (Å²) in [6, 6.07) is 7.24. The van der Waals surface area contributed by atoms with E-state index in [1.807, 2.05) is 25.1 Å². The van der Waals surface area contributed by atoms with E-state index in [0.717, 1.165) is 16.7 Å². The fraction of sp³-hybridized carbons (Fsp3) is 0.286. The second kappa shape index (κ2) is 5.59. The predicted octanol–water partition coefficient (Wildman–Crippen LogP) is 2.42. The first-order valence-corrected chi connectivity index (χ1v) is 7.55. The Kier molecular flexibility index (Phi) is 4.07. The second-order valence-corrected chi connectivity index (χ2v) is 6.28. The average Bonchev–Trinajstić information content (AvgIpc) is 2.85. The molecule has 0 bridgehead atoms. The van der Waals surface area contributed by atoms with Crippen molar-refractivity contribution in [2.24, 2.45) is 0 Å². The molecule has 1 N–H and O–H groups in total. The van der Waals surface area contributed by atoms with Crippen LogP contribution < -0.4 is 4.72 Å². The molecule has 4 nitrogen and oxygen atoms in total. The highest BCUT2D eigenvalue weighted by molar-refractivity contribution is 7.89. The molecule has 0 aliphatic rings. The Morgan fingerprint density at radius 2 is 2.00 bits per heavy atom. The molecule has 0 saturated carbocycles. The van der Waals surface area contributed by atoms with Crippen LogP contribution in [0.2, 0.25) is 0 Å². The maximum Gasteiger partial charge on any atom is 0.240 e. The van der Waals surface area contributed by atoms with Crippen LogP contribution in [0.4, 0.5) is 0 Å². The summed E-state index contributed by atoms with van der Waals surface area (Å²) in [6.45, 7) is 4.03. The van der Waals surface area contributed by atoms with Gasteiger partial charge in [0, 0.05) is 6.54 Å². The fourth-order valence-corrected chi connectivity index (χ4v) is 3.20. The zero-order chi connectivity index (χ0) is 13.9. The molecule has 1 heterocycles. The molecule has 0 fully saturated rings. The van der Waals surface area contributed by atoms with Crippen molar-refractivity contribution in [3.63, 3.8) is 0 Å². The van der Waals surface area contributed by atoms with Crippen LogP contribution in [0.3, 0.4) is 0 Å². The van der Waals surface area contributed by atoms with Gasteiger partial charge >= 0.3 is 0 Å². The number of sulfonamides is 1. The summed E-state index contributed by atoms with van der Waals surface area (Å²) in [5, 5.41) is 0. The smallest absolute Gasteiger partial charge is 0.240 e. The van der Waals surface area contributed by atoms with Crippen molar-refractivity contribution in [3.8, 4) is 0 Å². The topological polar surface area (TPSA) is 59.3 Å². The van der Waals surface area contributed by atoms with Gasteiger partial charge < -0.3 is 4.42 Å². The number of hydrogen-bond donors (Lipinski definition) is 1. The molecule has 0 aliphatic heterocycles. The normalized spacial score (nSPS) is 11.7. The fourth-order valence-electron chi connectivity index (χ4n) is 1.84. The third-order valence-corrected chi connectivity index (χ3v) is 4.52. The first kappa shape index (κ1) is 13.8. The van der Waals surface area contributed by atoms with E-state index in [1.165, 1.54) is 0 Å². The maximum atomic E-state index is 12.2. The zero-order valence-corrected chi connectivity index (χ0v) is 11.8. The maximum absolute atomic E-state index is 12.2. The quantitative estimate of drug-likeness (QED) is 0.914. The molecule has 0 amide bonds. The SMILES string of the molecule is Cc1ccc(C)c(S(=O)(=O)NCCc2ccoc2)c1. The number of furan rings is 1. The molecule has 1 aromatic carbocycles. The Morgan fingerprint density at radius 1 is 1.21 bits per heavy atom. The number of hydrogen-bond acceptors (Lipinski definition) is 3. The van der Waals surface area contributed by atoms with Crippen molar-refractivity contribution in [1.82, 2.24) is 4.72 Å². The minimum atomic E-state index is -3.45. The van der Waals surface area contributed by atoms with Gasteiger partial charge in [0.25, 0.3) is 0 Å². The van der Waals surface area contributed by atoms with Crippen molar-refractivity contribution in [3.05, 3.63) is 53.5 Å². The minimum absolute atomic E-state index is 0.347. The van der Waals surface area contributed by atoms with Gasteiger partial charge in [-0.1, -0.05) is 12.1 Å². The molecule has 0 saturated heterocycles. The summed E-state index contributed by atoms with van der Waals surface area (Å²) in [6.07, 6.45) is 3.81. The van der Waals surface area contributed by atoms with E-state index in [4.69, 9.17) is 4.42 Å². The van der Waals surface area contributed by atoms with Gasteiger partial charge in [0.1, 0.15) is 0 Å². The third-order valence-electron chi connectivity index (χ3n) is 2.92. The van der Waals surface area contributed by atoms with Crippen molar-refractivity contribution in [2.75, 3.05) is 6.54 Å². The molecule has 5 heteroatoms. The van der Waals surface area contributed by atoms with Crippen LogP contribution in [0.15, 0.2) is 46.1 Å². The molecule has 2 rings (SSSR count). The van der Waals surface area contributed by atoms with Crippen LogP contribution in [0.5, 0.6) is 0 Å². The van der Waals surface area contributed by atoms with Crippen LogP contribution in [0.25, 0.3) is 0 Å². The first-order chi connectivity index (χ1) is 8.99. The molecule has 0 spiro atoms. The second-order valence-electron chi connectivity index (χ2n) is 4.55. The van der Waals surface area contributed by atoms with Gasteiger partial charge in [-0.3, -0.25) is 0 Å². The van der Waals surface area contributed by atoms with Crippen molar-refractivity contribution in [2.45, 2.75) is 25.2 Å². The Bertz CT molecular complexity index is 645. The van der Waals surface area contributed by atoms with Gasteiger partial charge in [-0.15, -0.1) is 0 Å². The van der Waals surface area contributed by atoms with Crippen LogP contribution in [0.1, 0.15) is 16.7 Å².